The Kier molecular flexibility index (Phi) is 6.81. The van der Waals surface area contributed by atoms with Gasteiger partial charge in [-0.15, -0.1) is 0 Å². The summed E-state index contributed by atoms with van der Waals surface area (Å²) in [5.74, 6) is -0.0912. The second kappa shape index (κ2) is 10.5. The zero-order valence-electron chi connectivity index (χ0n) is 19.1. The SMILES string of the molecule is O=C(NC1CCN(C(=O)/C=C/c2cn(-c3ccccc3)nc2-c2cccnc2)CC1)c1ccsc1. The van der Waals surface area contributed by atoms with E-state index in [1.54, 1.807) is 18.5 Å². The molecular formula is C27H25N5O2S. The van der Waals surface area contributed by atoms with Crippen molar-refractivity contribution in [2.45, 2.75) is 18.9 Å². The molecule has 8 heteroatoms. The van der Waals surface area contributed by atoms with Crippen molar-refractivity contribution < 1.29 is 9.59 Å². The lowest BCUT2D eigenvalue weighted by molar-refractivity contribution is -0.126. The molecule has 1 N–H and O–H groups in total. The highest BCUT2D eigenvalue weighted by molar-refractivity contribution is 7.08. The smallest absolute Gasteiger partial charge is 0.252 e. The van der Waals surface area contributed by atoms with E-state index in [-0.39, 0.29) is 17.9 Å². The molecule has 0 radical (unpaired) electrons. The Morgan fingerprint density at radius 1 is 1.06 bits per heavy atom. The molecule has 0 spiro atoms. The summed E-state index contributed by atoms with van der Waals surface area (Å²) in [7, 11) is 0. The molecule has 7 nitrogen and oxygen atoms in total. The Morgan fingerprint density at radius 3 is 2.60 bits per heavy atom. The number of carbonyl (C=O) groups excluding carboxylic acids is 2. The number of hydrogen-bond donors (Lipinski definition) is 1. The zero-order chi connectivity index (χ0) is 24.0. The number of aromatic nitrogens is 3. The molecule has 1 aliphatic rings. The van der Waals surface area contributed by atoms with E-state index in [9.17, 15) is 9.59 Å². The van der Waals surface area contributed by atoms with Gasteiger partial charge in [0.25, 0.3) is 5.91 Å². The van der Waals surface area contributed by atoms with Crippen LogP contribution in [0.3, 0.4) is 0 Å². The van der Waals surface area contributed by atoms with Crippen molar-refractivity contribution in [1.82, 2.24) is 25.0 Å². The largest absolute Gasteiger partial charge is 0.349 e. The van der Waals surface area contributed by atoms with Crippen LogP contribution in [0, 0.1) is 0 Å². The lowest BCUT2D eigenvalue weighted by atomic mass is 10.0. The third kappa shape index (κ3) is 5.38. The molecule has 3 aromatic heterocycles. The maximum atomic E-state index is 12.9. The number of thiophene rings is 1. The van der Waals surface area contributed by atoms with Gasteiger partial charge in [-0.2, -0.15) is 16.4 Å². The van der Waals surface area contributed by atoms with Crippen LogP contribution in [0.1, 0.15) is 28.8 Å². The minimum Gasteiger partial charge on any atom is -0.349 e. The Balaban J connectivity index is 1.27. The monoisotopic (exact) mass is 483 g/mol. The number of amides is 2. The van der Waals surface area contributed by atoms with E-state index in [2.05, 4.69) is 10.3 Å². The van der Waals surface area contributed by atoms with Gasteiger partial charge < -0.3 is 10.2 Å². The summed E-state index contributed by atoms with van der Waals surface area (Å²) in [6.07, 6.45) is 10.3. The van der Waals surface area contributed by atoms with E-state index in [0.717, 1.165) is 35.3 Å². The molecule has 1 aromatic carbocycles. The fraction of sp³-hybridized carbons (Fsp3) is 0.185. The Labute approximate surface area is 207 Å². The third-order valence-electron chi connectivity index (χ3n) is 6.03. The normalized spacial score (nSPS) is 14.3. The number of piperidine rings is 1. The quantitative estimate of drug-likeness (QED) is 0.412. The summed E-state index contributed by atoms with van der Waals surface area (Å²) in [4.78, 5) is 31.3. The van der Waals surface area contributed by atoms with Crippen LogP contribution in [0.25, 0.3) is 23.0 Å². The zero-order valence-corrected chi connectivity index (χ0v) is 19.9. The van der Waals surface area contributed by atoms with Crippen LogP contribution in [0.5, 0.6) is 0 Å². The fourth-order valence-corrected chi connectivity index (χ4v) is 4.76. The first-order chi connectivity index (χ1) is 17.2. The van der Waals surface area contributed by atoms with E-state index in [1.165, 1.54) is 11.3 Å². The molecule has 0 bridgehead atoms. The summed E-state index contributed by atoms with van der Waals surface area (Å²) in [5.41, 5.74) is 4.12. The molecule has 176 valence electrons. The van der Waals surface area contributed by atoms with Gasteiger partial charge in [0.2, 0.25) is 5.91 Å². The number of likely N-dealkylation sites (tertiary alicyclic amines) is 1. The average Bonchev–Trinajstić information content (AvgIpc) is 3.60. The van der Waals surface area contributed by atoms with E-state index >= 15 is 0 Å². The number of hydrogen-bond acceptors (Lipinski definition) is 5. The molecule has 0 saturated carbocycles. The minimum atomic E-state index is -0.0470. The number of rotatable bonds is 6. The van der Waals surface area contributed by atoms with Crippen LogP contribution in [0.2, 0.25) is 0 Å². The second-order valence-electron chi connectivity index (χ2n) is 8.37. The van der Waals surface area contributed by atoms with Crippen molar-refractivity contribution >= 4 is 29.2 Å². The van der Waals surface area contributed by atoms with Crippen LogP contribution in [0.4, 0.5) is 0 Å². The van der Waals surface area contributed by atoms with Gasteiger partial charge in [-0.1, -0.05) is 18.2 Å². The number of nitrogens with one attached hydrogen (secondary N) is 1. The van der Waals surface area contributed by atoms with Gasteiger partial charge >= 0.3 is 0 Å². The minimum absolute atomic E-state index is 0.0443. The van der Waals surface area contributed by atoms with E-state index in [1.807, 2.05) is 81.1 Å². The predicted molar refractivity (Wildman–Crippen MR) is 137 cm³/mol. The molecule has 2 amide bonds. The Morgan fingerprint density at radius 2 is 1.89 bits per heavy atom. The van der Waals surface area contributed by atoms with Gasteiger partial charge in [0.1, 0.15) is 5.69 Å². The molecule has 35 heavy (non-hydrogen) atoms. The number of benzene rings is 1. The van der Waals surface area contributed by atoms with Crippen molar-refractivity contribution in [1.29, 1.82) is 0 Å². The Bertz CT molecular complexity index is 1310. The first-order valence-corrected chi connectivity index (χ1v) is 12.5. The highest BCUT2D eigenvalue weighted by Crippen LogP contribution is 2.24. The molecule has 1 saturated heterocycles. The number of nitrogens with zero attached hydrogens (tertiary/aromatic N) is 4. The molecule has 1 fully saturated rings. The molecule has 5 rings (SSSR count). The Hall–Kier alpha value is -4.04. The molecular weight excluding hydrogens is 458 g/mol. The number of para-hydroxylation sites is 1. The van der Waals surface area contributed by atoms with Gasteiger partial charge in [-0.25, -0.2) is 4.68 Å². The molecule has 4 heterocycles. The highest BCUT2D eigenvalue weighted by Gasteiger charge is 2.23. The standard InChI is InChI=1S/C27H25N5O2S/c33-25(31-14-10-23(11-15-31)29-27(34)22-12-16-35-19-22)9-8-21-18-32(24-6-2-1-3-7-24)30-26(21)20-5-4-13-28-17-20/h1-9,12-13,16-19,23H,10-11,14-15H2,(H,29,34)/b9-8+. The van der Waals surface area contributed by atoms with Crippen LogP contribution >= 0.6 is 11.3 Å². The van der Waals surface area contributed by atoms with Gasteiger partial charge in [0.05, 0.1) is 5.69 Å². The molecule has 1 aliphatic heterocycles. The van der Waals surface area contributed by atoms with E-state index < -0.39 is 0 Å². The first-order valence-electron chi connectivity index (χ1n) is 11.5. The van der Waals surface area contributed by atoms with Gasteiger partial charge in [0, 0.05) is 65.9 Å². The number of pyridine rings is 1. The van der Waals surface area contributed by atoms with Crippen molar-refractivity contribution in [2.75, 3.05) is 13.1 Å². The van der Waals surface area contributed by atoms with Crippen molar-refractivity contribution in [3.8, 4) is 16.9 Å². The highest BCUT2D eigenvalue weighted by atomic mass is 32.1. The first kappa shape index (κ1) is 22.7. The topological polar surface area (TPSA) is 80.1 Å². The summed E-state index contributed by atoms with van der Waals surface area (Å²) in [6, 6.07) is 15.6. The maximum absolute atomic E-state index is 12.9. The third-order valence-corrected chi connectivity index (χ3v) is 6.71. The van der Waals surface area contributed by atoms with Gasteiger partial charge in [-0.05, 0) is 54.6 Å². The number of carbonyl (C=O) groups is 2. The lowest BCUT2D eigenvalue weighted by Gasteiger charge is -2.31. The summed E-state index contributed by atoms with van der Waals surface area (Å²) in [6.45, 7) is 1.22. The lowest BCUT2D eigenvalue weighted by Crippen LogP contribution is -2.46. The summed E-state index contributed by atoms with van der Waals surface area (Å²) in [5, 5.41) is 11.6. The molecule has 0 unspecified atom stereocenters. The van der Waals surface area contributed by atoms with Crippen molar-refractivity contribution in [3.63, 3.8) is 0 Å². The van der Waals surface area contributed by atoms with Crippen LogP contribution in [0.15, 0.2) is 84.0 Å². The average molecular weight is 484 g/mol. The fourth-order valence-electron chi connectivity index (χ4n) is 4.12. The van der Waals surface area contributed by atoms with Crippen LogP contribution in [-0.4, -0.2) is 50.6 Å². The van der Waals surface area contributed by atoms with Crippen molar-refractivity contribution in [3.05, 3.63) is 95.1 Å². The second-order valence-corrected chi connectivity index (χ2v) is 9.15. The van der Waals surface area contributed by atoms with Crippen LogP contribution < -0.4 is 5.32 Å². The summed E-state index contributed by atoms with van der Waals surface area (Å²) >= 11 is 1.51. The van der Waals surface area contributed by atoms with Crippen molar-refractivity contribution in [2.24, 2.45) is 0 Å². The van der Waals surface area contributed by atoms with E-state index in [0.29, 0.717) is 18.7 Å². The molecule has 0 aliphatic carbocycles. The maximum Gasteiger partial charge on any atom is 0.252 e. The molecule has 0 atom stereocenters. The predicted octanol–water partition coefficient (Wildman–Crippen LogP) is 4.43. The molecule has 4 aromatic rings. The summed E-state index contributed by atoms with van der Waals surface area (Å²) < 4.78 is 1.81. The van der Waals surface area contributed by atoms with Gasteiger partial charge in [-0.3, -0.25) is 14.6 Å². The van der Waals surface area contributed by atoms with Crippen LogP contribution in [-0.2, 0) is 4.79 Å². The van der Waals surface area contributed by atoms with Gasteiger partial charge in [0.15, 0.2) is 0 Å². The van der Waals surface area contributed by atoms with E-state index in [4.69, 9.17) is 5.10 Å².